The van der Waals surface area contributed by atoms with Crippen molar-refractivity contribution in [3.05, 3.63) is 53.9 Å². The molecule has 4 rings (SSSR count). The van der Waals surface area contributed by atoms with E-state index >= 15 is 0 Å². The lowest BCUT2D eigenvalue weighted by atomic mass is 10.2. The molecule has 0 unspecified atom stereocenters. The smallest absolute Gasteiger partial charge is 0.218 e. The summed E-state index contributed by atoms with van der Waals surface area (Å²) in [5.74, 6) is 0. The van der Waals surface area contributed by atoms with Crippen LogP contribution >= 0.6 is 11.3 Å². The number of piperazine rings is 1. The maximum Gasteiger partial charge on any atom is 0.218 e. The van der Waals surface area contributed by atoms with Gasteiger partial charge >= 0.3 is 0 Å². The molecule has 1 aromatic carbocycles. The Bertz CT molecular complexity index is 894. The van der Waals surface area contributed by atoms with Gasteiger partial charge in [-0.2, -0.15) is 0 Å². The minimum absolute atomic E-state index is 0.752. The Morgan fingerprint density at radius 1 is 1.00 bits per heavy atom. The first-order chi connectivity index (χ1) is 13.7. The largest absolute Gasteiger partial charge is 0.379 e. The van der Waals surface area contributed by atoms with E-state index in [2.05, 4.69) is 86.3 Å². The number of aromatic nitrogens is 3. The molecule has 0 atom stereocenters. The molecule has 3 heterocycles. The van der Waals surface area contributed by atoms with E-state index in [4.69, 9.17) is 0 Å². The lowest BCUT2D eigenvalue weighted by Gasteiger charge is -2.33. The maximum absolute atomic E-state index is 4.48. The fourth-order valence-corrected chi connectivity index (χ4v) is 4.53. The molecule has 1 saturated heterocycles. The van der Waals surface area contributed by atoms with Crippen LogP contribution in [-0.4, -0.2) is 52.4 Å². The minimum Gasteiger partial charge on any atom is -0.379 e. The summed E-state index contributed by atoms with van der Waals surface area (Å²) in [6.07, 6.45) is 3.29. The van der Waals surface area contributed by atoms with Crippen molar-refractivity contribution < 1.29 is 0 Å². The van der Waals surface area contributed by atoms with Gasteiger partial charge in [-0.25, -0.2) is 0 Å². The fraction of sp³-hybridized carbons (Fsp3) is 0.429. The van der Waals surface area contributed by atoms with Crippen LogP contribution in [-0.2, 0) is 6.54 Å². The van der Waals surface area contributed by atoms with E-state index < -0.39 is 0 Å². The number of benzene rings is 1. The molecule has 7 heteroatoms. The van der Waals surface area contributed by atoms with Crippen LogP contribution in [0, 0.1) is 6.92 Å². The summed E-state index contributed by atoms with van der Waals surface area (Å²) in [6, 6.07) is 12.6. The van der Waals surface area contributed by atoms with Gasteiger partial charge in [0, 0.05) is 43.8 Å². The molecule has 0 spiro atoms. The van der Waals surface area contributed by atoms with Crippen molar-refractivity contribution in [1.29, 1.82) is 0 Å². The van der Waals surface area contributed by atoms with Gasteiger partial charge < -0.3 is 10.2 Å². The van der Waals surface area contributed by atoms with Crippen molar-refractivity contribution >= 4 is 22.2 Å². The molecular formula is C21H28N6S. The summed E-state index contributed by atoms with van der Waals surface area (Å²) in [4.78, 5) is 4.89. The summed E-state index contributed by atoms with van der Waals surface area (Å²) < 4.78 is 2.14. The van der Waals surface area contributed by atoms with Crippen LogP contribution in [0.25, 0.3) is 5.13 Å². The highest BCUT2D eigenvalue weighted by atomic mass is 32.1. The quantitative estimate of drug-likeness (QED) is 0.659. The molecule has 1 aliphatic heterocycles. The average Bonchev–Trinajstić information content (AvgIpc) is 3.37. The van der Waals surface area contributed by atoms with Crippen LogP contribution in [0.4, 0.5) is 10.8 Å². The van der Waals surface area contributed by atoms with E-state index in [0.29, 0.717) is 0 Å². The fourth-order valence-electron chi connectivity index (χ4n) is 3.62. The Morgan fingerprint density at radius 3 is 2.57 bits per heavy atom. The molecule has 0 radical (unpaired) electrons. The summed E-state index contributed by atoms with van der Waals surface area (Å²) in [6.45, 7) is 10.6. The van der Waals surface area contributed by atoms with E-state index in [-0.39, 0.29) is 0 Å². The molecule has 1 fully saturated rings. The van der Waals surface area contributed by atoms with Crippen LogP contribution in [0.1, 0.15) is 24.6 Å². The highest BCUT2D eigenvalue weighted by Crippen LogP contribution is 2.26. The first kappa shape index (κ1) is 19.0. The van der Waals surface area contributed by atoms with Crippen molar-refractivity contribution in [2.45, 2.75) is 26.8 Å². The van der Waals surface area contributed by atoms with Crippen molar-refractivity contribution in [2.24, 2.45) is 0 Å². The summed E-state index contributed by atoms with van der Waals surface area (Å²) in [5, 5.41) is 14.4. The Labute approximate surface area is 170 Å². The molecule has 6 nitrogen and oxygen atoms in total. The van der Waals surface area contributed by atoms with Gasteiger partial charge in [-0.15, -0.1) is 10.2 Å². The third-order valence-corrected chi connectivity index (χ3v) is 6.21. The zero-order valence-electron chi connectivity index (χ0n) is 16.6. The van der Waals surface area contributed by atoms with Crippen LogP contribution < -0.4 is 10.2 Å². The predicted octanol–water partition coefficient (Wildman–Crippen LogP) is 3.78. The van der Waals surface area contributed by atoms with E-state index in [0.717, 1.165) is 48.7 Å². The highest BCUT2D eigenvalue weighted by Gasteiger charge is 2.20. The van der Waals surface area contributed by atoms with Gasteiger partial charge in [0.05, 0.1) is 6.54 Å². The number of anilines is 2. The topological polar surface area (TPSA) is 49.2 Å². The number of hydrogen-bond donors (Lipinski definition) is 1. The van der Waals surface area contributed by atoms with E-state index in [1.165, 1.54) is 24.2 Å². The van der Waals surface area contributed by atoms with Gasteiger partial charge in [0.15, 0.2) is 0 Å². The molecule has 1 N–H and O–H groups in total. The SMILES string of the molecule is CCCN1CCN(c2nnc(-n3cccc3CNc3ccccc3C)s2)CC1. The normalized spacial score (nSPS) is 15.1. The lowest BCUT2D eigenvalue weighted by molar-refractivity contribution is 0.258. The summed E-state index contributed by atoms with van der Waals surface area (Å²) >= 11 is 1.67. The second-order valence-corrected chi connectivity index (χ2v) is 8.17. The molecule has 0 saturated carbocycles. The number of hydrogen-bond acceptors (Lipinski definition) is 6. The average molecular weight is 397 g/mol. The summed E-state index contributed by atoms with van der Waals surface area (Å²) in [7, 11) is 0. The van der Waals surface area contributed by atoms with Crippen molar-refractivity contribution in [3.63, 3.8) is 0 Å². The van der Waals surface area contributed by atoms with E-state index in [1.54, 1.807) is 11.3 Å². The Kier molecular flexibility index (Phi) is 5.92. The minimum atomic E-state index is 0.752. The lowest BCUT2D eigenvalue weighted by Crippen LogP contribution is -2.46. The molecule has 0 amide bonds. The number of nitrogens with one attached hydrogen (secondary N) is 1. The molecule has 28 heavy (non-hydrogen) atoms. The zero-order chi connectivity index (χ0) is 19.3. The van der Waals surface area contributed by atoms with Gasteiger partial charge in [0.2, 0.25) is 10.3 Å². The molecule has 1 aliphatic rings. The van der Waals surface area contributed by atoms with Crippen LogP contribution in [0.5, 0.6) is 0 Å². The number of rotatable bonds is 7. The molecule has 3 aromatic rings. The Hall–Kier alpha value is -2.38. The van der Waals surface area contributed by atoms with Gasteiger partial charge in [-0.3, -0.25) is 9.47 Å². The van der Waals surface area contributed by atoms with E-state index in [9.17, 15) is 0 Å². The Morgan fingerprint density at radius 2 is 1.79 bits per heavy atom. The van der Waals surface area contributed by atoms with Crippen LogP contribution in [0.15, 0.2) is 42.6 Å². The Balaban J connectivity index is 1.42. The maximum atomic E-state index is 4.48. The monoisotopic (exact) mass is 396 g/mol. The third-order valence-electron chi connectivity index (χ3n) is 5.23. The van der Waals surface area contributed by atoms with Crippen LogP contribution in [0.3, 0.4) is 0 Å². The highest BCUT2D eigenvalue weighted by molar-refractivity contribution is 7.17. The predicted molar refractivity (Wildman–Crippen MR) is 117 cm³/mol. The van der Waals surface area contributed by atoms with Crippen molar-refractivity contribution in [3.8, 4) is 5.13 Å². The standard InChI is InChI=1S/C21H28N6S/c1-3-10-25-12-14-26(15-13-25)20-23-24-21(28-20)27-11-6-8-18(27)16-22-19-9-5-4-7-17(19)2/h4-9,11,22H,3,10,12-16H2,1-2H3. The second kappa shape index (κ2) is 8.75. The van der Waals surface area contributed by atoms with Crippen molar-refractivity contribution in [1.82, 2.24) is 19.7 Å². The molecule has 2 aromatic heterocycles. The molecular weight excluding hydrogens is 368 g/mol. The van der Waals surface area contributed by atoms with Crippen LogP contribution in [0.2, 0.25) is 0 Å². The number of para-hydroxylation sites is 1. The van der Waals surface area contributed by atoms with Gasteiger partial charge in [0.25, 0.3) is 0 Å². The molecule has 148 valence electrons. The third kappa shape index (κ3) is 4.20. The first-order valence-corrected chi connectivity index (χ1v) is 10.8. The second-order valence-electron chi connectivity index (χ2n) is 7.23. The van der Waals surface area contributed by atoms with E-state index in [1.807, 2.05) is 0 Å². The molecule has 0 bridgehead atoms. The van der Waals surface area contributed by atoms with Gasteiger partial charge in [0.1, 0.15) is 0 Å². The van der Waals surface area contributed by atoms with Gasteiger partial charge in [-0.1, -0.05) is 36.5 Å². The van der Waals surface area contributed by atoms with Crippen molar-refractivity contribution in [2.75, 3.05) is 42.9 Å². The summed E-state index contributed by atoms with van der Waals surface area (Å²) in [5.41, 5.74) is 3.60. The van der Waals surface area contributed by atoms with Gasteiger partial charge in [-0.05, 0) is 43.7 Å². The zero-order valence-corrected chi connectivity index (χ0v) is 17.5. The first-order valence-electron chi connectivity index (χ1n) is 10.0. The number of aryl methyl sites for hydroxylation is 1. The number of nitrogens with zero attached hydrogens (tertiary/aromatic N) is 5. The molecule has 0 aliphatic carbocycles.